The Bertz CT molecular complexity index is 407. The molecule has 0 heterocycles. The summed E-state index contributed by atoms with van der Waals surface area (Å²) in [6, 6.07) is 7.01. The molecule has 1 aromatic carbocycles. The molecule has 5 heteroatoms. The highest BCUT2D eigenvalue weighted by Gasteiger charge is 2.07. The van der Waals surface area contributed by atoms with E-state index >= 15 is 0 Å². The van der Waals surface area contributed by atoms with Crippen LogP contribution < -0.4 is 15.4 Å². The lowest BCUT2D eigenvalue weighted by Gasteiger charge is -2.08. The van der Waals surface area contributed by atoms with Crippen LogP contribution in [-0.2, 0) is 0 Å². The highest BCUT2D eigenvalue weighted by Crippen LogP contribution is 2.13. The summed E-state index contributed by atoms with van der Waals surface area (Å²) in [6.07, 6.45) is 0.931. The zero-order chi connectivity index (χ0) is 12.7. The number of carbonyl (C=O) groups is 1. The summed E-state index contributed by atoms with van der Waals surface area (Å²) in [5.41, 5.74) is 0.524. The molecule has 17 heavy (non-hydrogen) atoms. The quantitative estimate of drug-likeness (QED) is 0.801. The van der Waals surface area contributed by atoms with Gasteiger partial charge in [-0.3, -0.25) is 10.1 Å². The molecule has 0 atom stereocenters. The molecule has 0 unspecified atom stereocenters. The van der Waals surface area contributed by atoms with E-state index in [0.29, 0.717) is 23.0 Å². The fraction of sp³-hybridized carbons (Fsp3) is 0.333. The number of amides is 1. The highest BCUT2D eigenvalue weighted by molar-refractivity contribution is 7.80. The minimum atomic E-state index is -0.244. The van der Waals surface area contributed by atoms with Crippen molar-refractivity contribution in [3.8, 4) is 5.75 Å². The lowest BCUT2D eigenvalue weighted by molar-refractivity contribution is 0.0976. The zero-order valence-electron chi connectivity index (χ0n) is 9.95. The maximum atomic E-state index is 11.7. The van der Waals surface area contributed by atoms with Crippen molar-refractivity contribution < 1.29 is 9.53 Å². The number of hydrogen-bond donors (Lipinski definition) is 2. The van der Waals surface area contributed by atoms with Gasteiger partial charge in [0.25, 0.3) is 5.91 Å². The number of ether oxygens (including phenoxy) is 1. The molecule has 1 amide bonds. The first-order chi connectivity index (χ1) is 8.17. The van der Waals surface area contributed by atoms with Crippen LogP contribution in [0.3, 0.4) is 0 Å². The third-order valence-corrected chi connectivity index (χ3v) is 2.33. The maximum Gasteiger partial charge on any atom is 0.257 e. The van der Waals surface area contributed by atoms with Gasteiger partial charge in [-0.2, -0.15) is 0 Å². The van der Waals surface area contributed by atoms with Crippen LogP contribution in [0.2, 0.25) is 0 Å². The second-order valence-corrected chi connectivity index (χ2v) is 3.82. The molecule has 0 saturated heterocycles. The van der Waals surface area contributed by atoms with E-state index in [-0.39, 0.29) is 5.91 Å². The number of rotatable bonds is 4. The van der Waals surface area contributed by atoms with Crippen molar-refractivity contribution in [1.29, 1.82) is 0 Å². The van der Waals surface area contributed by atoms with Crippen LogP contribution in [0.5, 0.6) is 5.75 Å². The van der Waals surface area contributed by atoms with Gasteiger partial charge in [0, 0.05) is 12.6 Å². The molecule has 0 aliphatic heterocycles. The largest absolute Gasteiger partial charge is 0.494 e. The first-order valence-electron chi connectivity index (χ1n) is 5.43. The molecular formula is C12H16N2O2S. The summed E-state index contributed by atoms with van der Waals surface area (Å²) >= 11 is 4.86. The first-order valence-corrected chi connectivity index (χ1v) is 5.84. The van der Waals surface area contributed by atoms with E-state index in [0.717, 1.165) is 6.42 Å². The molecule has 0 aliphatic carbocycles. The second kappa shape index (κ2) is 6.85. The van der Waals surface area contributed by atoms with Gasteiger partial charge in [0.2, 0.25) is 0 Å². The smallest absolute Gasteiger partial charge is 0.257 e. The first kappa shape index (κ1) is 13.4. The standard InChI is InChI=1S/C12H16N2O2S/c1-3-7-16-10-6-4-5-9(8-10)11(15)14-12(17)13-2/h4-6,8H,3,7H2,1-2H3,(H2,13,14,15,17). The Kier molecular flexibility index (Phi) is 5.42. The summed E-state index contributed by atoms with van der Waals surface area (Å²) in [7, 11) is 1.66. The molecule has 0 aliphatic rings. The van der Waals surface area contributed by atoms with Crippen molar-refractivity contribution in [1.82, 2.24) is 10.6 Å². The van der Waals surface area contributed by atoms with Gasteiger partial charge in [-0.15, -0.1) is 0 Å². The van der Waals surface area contributed by atoms with Crippen LogP contribution in [0.1, 0.15) is 23.7 Å². The summed E-state index contributed by atoms with van der Waals surface area (Å²) in [6.45, 7) is 2.67. The van der Waals surface area contributed by atoms with Crippen molar-refractivity contribution >= 4 is 23.2 Å². The Morgan fingerprint density at radius 1 is 1.47 bits per heavy atom. The third-order valence-electron chi connectivity index (χ3n) is 2.02. The maximum absolute atomic E-state index is 11.7. The molecule has 1 aromatic rings. The third kappa shape index (κ3) is 4.40. The minimum absolute atomic E-state index is 0.244. The molecule has 4 nitrogen and oxygen atoms in total. The van der Waals surface area contributed by atoms with Crippen LogP contribution in [-0.4, -0.2) is 24.7 Å². The molecule has 1 rings (SSSR count). The monoisotopic (exact) mass is 252 g/mol. The Hall–Kier alpha value is -1.62. The van der Waals surface area contributed by atoms with Gasteiger partial charge in [-0.05, 0) is 36.8 Å². The van der Waals surface area contributed by atoms with Gasteiger partial charge in [0.05, 0.1) is 6.61 Å². The highest BCUT2D eigenvalue weighted by atomic mass is 32.1. The van der Waals surface area contributed by atoms with Gasteiger partial charge in [-0.1, -0.05) is 13.0 Å². The van der Waals surface area contributed by atoms with Gasteiger partial charge in [0.15, 0.2) is 5.11 Å². The van der Waals surface area contributed by atoms with E-state index in [2.05, 4.69) is 10.6 Å². The Balaban J connectivity index is 2.70. The summed E-state index contributed by atoms with van der Waals surface area (Å²) < 4.78 is 5.45. The van der Waals surface area contributed by atoms with Crippen LogP contribution in [0, 0.1) is 0 Å². The number of benzene rings is 1. The zero-order valence-corrected chi connectivity index (χ0v) is 10.8. The lowest BCUT2D eigenvalue weighted by Crippen LogP contribution is -2.37. The topological polar surface area (TPSA) is 50.4 Å². The SMILES string of the molecule is CCCOc1cccc(C(=O)NC(=S)NC)c1. The average Bonchev–Trinajstić information content (AvgIpc) is 2.36. The van der Waals surface area contributed by atoms with Gasteiger partial charge in [0.1, 0.15) is 5.75 Å². The molecule has 0 bridgehead atoms. The molecule has 0 saturated carbocycles. The van der Waals surface area contributed by atoms with E-state index in [9.17, 15) is 4.79 Å². The summed E-state index contributed by atoms with van der Waals surface area (Å²) in [5, 5.41) is 5.54. The summed E-state index contributed by atoms with van der Waals surface area (Å²) in [4.78, 5) is 11.7. The molecular weight excluding hydrogens is 236 g/mol. The van der Waals surface area contributed by atoms with Crippen LogP contribution >= 0.6 is 12.2 Å². The molecule has 0 spiro atoms. The predicted molar refractivity (Wildman–Crippen MR) is 71.4 cm³/mol. The van der Waals surface area contributed by atoms with Crippen molar-refractivity contribution in [2.75, 3.05) is 13.7 Å². The minimum Gasteiger partial charge on any atom is -0.494 e. The Morgan fingerprint density at radius 2 is 2.24 bits per heavy atom. The van der Waals surface area contributed by atoms with E-state index in [1.807, 2.05) is 13.0 Å². The number of thiocarbonyl (C=S) groups is 1. The van der Waals surface area contributed by atoms with E-state index in [1.54, 1.807) is 25.2 Å². The van der Waals surface area contributed by atoms with E-state index < -0.39 is 0 Å². The Morgan fingerprint density at radius 3 is 2.88 bits per heavy atom. The molecule has 92 valence electrons. The second-order valence-electron chi connectivity index (χ2n) is 3.41. The van der Waals surface area contributed by atoms with Crippen molar-refractivity contribution in [2.24, 2.45) is 0 Å². The van der Waals surface area contributed by atoms with Crippen molar-refractivity contribution in [3.63, 3.8) is 0 Å². The van der Waals surface area contributed by atoms with Crippen LogP contribution in [0.25, 0.3) is 0 Å². The fourth-order valence-electron chi connectivity index (χ4n) is 1.18. The van der Waals surface area contributed by atoms with Gasteiger partial charge < -0.3 is 10.1 Å². The fourth-order valence-corrected chi connectivity index (χ4v) is 1.28. The van der Waals surface area contributed by atoms with Crippen molar-refractivity contribution in [2.45, 2.75) is 13.3 Å². The van der Waals surface area contributed by atoms with Crippen molar-refractivity contribution in [3.05, 3.63) is 29.8 Å². The summed E-state index contributed by atoms with van der Waals surface area (Å²) in [5.74, 6) is 0.446. The number of nitrogens with one attached hydrogen (secondary N) is 2. The molecule has 0 fully saturated rings. The van der Waals surface area contributed by atoms with Crippen LogP contribution in [0.4, 0.5) is 0 Å². The van der Waals surface area contributed by atoms with Crippen LogP contribution in [0.15, 0.2) is 24.3 Å². The normalized spacial score (nSPS) is 9.53. The lowest BCUT2D eigenvalue weighted by atomic mass is 10.2. The molecule has 2 N–H and O–H groups in total. The van der Waals surface area contributed by atoms with E-state index in [1.165, 1.54) is 0 Å². The van der Waals surface area contributed by atoms with Gasteiger partial charge in [-0.25, -0.2) is 0 Å². The van der Waals surface area contributed by atoms with E-state index in [4.69, 9.17) is 17.0 Å². The predicted octanol–water partition coefficient (Wildman–Crippen LogP) is 1.71. The Labute approximate surface area is 106 Å². The molecule has 0 aromatic heterocycles. The average molecular weight is 252 g/mol. The number of hydrogen-bond acceptors (Lipinski definition) is 3. The number of carbonyl (C=O) groups excluding carboxylic acids is 1. The molecule has 0 radical (unpaired) electrons. The van der Waals surface area contributed by atoms with Gasteiger partial charge >= 0.3 is 0 Å².